The third kappa shape index (κ3) is 11.8. The minimum atomic E-state index is -1.70. The van der Waals surface area contributed by atoms with Gasteiger partial charge in [0.25, 0.3) is 0 Å². The van der Waals surface area contributed by atoms with Crippen LogP contribution in [0.1, 0.15) is 50.5 Å². The maximum Gasteiger partial charge on any atom is 0.338 e. The number of carbonyl (C=O) groups is 6. The van der Waals surface area contributed by atoms with Gasteiger partial charge in [-0.05, 0) is 17.7 Å². The number of nitrogens with one attached hydrogen (secondary N) is 1. The summed E-state index contributed by atoms with van der Waals surface area (Å²) in [6.07, 6.45) is -12.8. The Bertz CT molecular complexity index is 1590. The number of methoxy groups -OCH3 is 1. The van der Waals surface area contributed by atoms with Crippen LogP contribution in [0.4, 0.5) is 0 Å². The van der Waals surface area contributed by atoms with E-state index in [0.717, 1.165) is 33.3 Å². The van der Waals surface area contributed by atoms with Crippen molar-refractivity contribution in [2.45, 2.75) is 103 Å². The first-order valence-corrected chi connectivity index (χ1v) is 17.1. The predicted octanol–water partition coefficient (Wildman–Crippen LogP) is 1.77. The Morgan fingerprint density at radius 2 is 1.17 bits per heavy atom. The number of benzene rings is 2. The van der Waals surface area contributed by atoms with Crippen LogP contribution in [0.15, 0.2) is 60.7 Å². The molecule has 0 aromatic heterocycles. The Morgan fingerprint density at radius 1 is 0.611 bits per heavy atom. The fourth-order valence-corrected chi connectivity index (χ4v) is 6.02. The van der Waals surface area contributed by atoms with Crippen LogP contribution in [0.25, 0.3) is 0 Å². The van der Waals surface area contributed by atoms with E-state index in [1.807, 2.05) is 30.3 Å². The third-order valence-electron chi connectivity index (χ3n) is 8.13. The number of carbonyl (C=O) groups excluding carboxylic acids is 6. The van der Waals surface area contributed by atoms with Crippen LogP contribution < -0.4 is 5.32 Å². The summed E-state index contributed by atoms with van der Waals surface area (Å²) in [6.45, 7) is 5.06. The third-order valence-corrected chi connectivity index (χ3v) is 8.13. The van der Waals surface area contributed by atoms with Crippen molar-refractivity contribution in [2.24, 2.45) is 0 Å². The quantitative estimate of drug-likeness (QED) is 0.203. The van der Waals surface area contributed by atoms with Crippen molar-refractivity contribution in [1.29, 1.82) is 0 Å². The molecule has 2 saturated heterocycles. The molecule has 0 bridgehead atoms. The Morgan fingerprint density at radius 3 is 1.74 bits per heavy atom. The highest BCUT2D eigenvalue weighted by Gasteiger charge is 2.57. The molecule has 2 aliphatic rings. The van der Waals surface area contributed by atoms with E-state index in [2.05, 4.69) is 5.32 Å². The number of ether oxygens (including phenoxy) is 10. The summed E-state index contributed by atoms with van der Waals surface area (Å²) in [7, 11) is 1.33. The van der Waals surface area contributed by atoms with Crippen LogP contribution >= 0.6 is 0 Å². The van der Waals surface area contributed by atoms with E-state index in [0.29, 0.717) is 0 Å². The molecule has 2 fully saturated rings. The van der Waals surface area contributed by atoms with Crippen LogP contribution in [0.2, 0.25) is 0 Å². The first kappa shape index (κ1) is 41.8. The first-order valence-electron chi connectivity index (χ1n) is 17.1. The normalized spacial score (nSPS) is 27.8. The minimum Gasteiger partial charge on any atom is -0.463 e. The van der Waals surface area contributed by atoms with E-state index in [1.54, 1.807) is 18.2 Å². The summed E-state index contributed by atoms with van der Waals surface area (Å²) >= 11 is 0. The SMILES string of the molecule is CO[C@@H]1O[C@H](COCc2ccccc2)[C@@H](O[C@@H]2O[C@H](COC(C)=O)[C@@H](OC(C)=O)[C@H](OC(C)=O)[C@H]2OC(C)=O)[C@H](OC(=O)c2ccccc2)[C@H]1NC(C)=O. The smallest absolute Gasteiger partial charge is 0.338 e. The van der Waals surface area contributed by atoms with Crippen molar-refractivity contribution < 1.29 is 76.1 Å². The predicted molar refractivity (Wildman–Crippen MR) is 182 cm³/mol. The van der Waals surface area contributed by atoms with Gasteiger partial charge in [-0.15, -0.1) is 0 Å². The molecule has 1 N–H and O–H groups in total. The molecule has 10 atom stereocenters. The van der Waals surface area contributed by atoms with E-state index < -0.39 is 104 Å². The Labute approximate surface area is 311 Å². The molecule has 54 heavy (non-hydrogen) atoms. The van der Waals surface area contributed by atoms with E-state index >= 15 is 0 Å². The summed E-state index contributed by atoms with van der Waals surface area (Å²) in [5.41, 5.74) is 0.999. The maximum absolute atomic E-state index is 13.7. The molecule has 0 radical (unpaired) electrons. The molecule has 4 rings (SSSR count). The maximum atomic E-state index is 13.7. The number of esters is 5. The molecule has 294 valence electrons. The van der Waals surface area contributed by atoms with E-state index in [-0.39, 0.29) is 18.8 Å². The van der Waals surface area contributed by atoms with Crippen molar-refractivity contribution >= 4 is 35.8 Å². The van der Waals surface area contributed by atoms with Crippen LogP contribution in [-0.2, 0) is 77.9 Å². The molecule has 0 unspecified atom stereocenters. The molecular weight excluding hydrogens is 714 g/mol. The molecule has 1 amide bonds. The highest BCUT2D eigenvalue weighted by Crippen LogP contribution is 2.35. The molecule has 2 heterocycles. The highest BCUT2D eigenvalue weighted by molar-refractivity contribution is 5.89. The van der Waals surface area contributed by atoms with E-state index in [9.17, 15) is 28.8 Å². The van der Waals surface area contributed by atoms with Crippen molar-refractivity contribution in [2.75, 3.05) is 20.3 Å². The second-order valence-corrected chi connectivity index (χ2v) is 12.4. The van der Waals surface area contributed by atoms with Gasteiger partial charge in [0.1, 0.15) is 31.0 Å². The van der Waals surface area contributed by atoms with Gasteiger partial charge in [0.05, 0.1) is 18.8 Å². The van der Waals surface area contributed by atoms with Crippen molar-refractivity contribution in [3.8, 4) is 0 Å². The summed E-state index contributed by atoms with van der Waals surface area (Å²) in [5, 5.41) is 2.71. The first-order chi connectivity index (χ1) is 25.8. The fraction of sp³-hybridized carbons (Fsp3) is 0.514. The average Bonchev–Trinajstić information content (AvgIpc) is 3.11. The van der Waals surface area contributed by atoms with Gasteiger partial charge < -0.3 is 52.7 Å². The van der Waals surface area contributed by atoms with Gasteiger partial charge in [0.2, 0.25) is 5.91 Å². The fourth-order valence-electron chi connectivity index (χ4n) is 6.02. The Hall–Kier alpha value is -4.94. The van der Waals surface area contributed by atoms with Crippen LogP contribution in [0.3, 0.4) is 0 Å². The van der Waals surface area contributed by atoms with Gasteiger partial charge in [-0.2, -0.15) is 0 Å². The van der Waals surface area contributed by atoms with Crippen molar-refractivity contribution in [3.63, 3.8) is 0 Å². The molecule has 2 aromatic carbocycles. The van der Waals surface area contributed by atoms with Gasteiger partial charge in [-0.3, -0.25) is 24.0 Å². The lowest BCUT2D eigenvalue weighted by atomic mass is 9.94. The summed E-state index contributed by atoms with van der Waals surface area (Å²) in [5.74, 6) is -4.57. The van der Waals surface area contributed by atoms with E-state index in [4.69, 9.17) is 47.4 Å². The number of hydrogen-bond donors (Lipinski definition) is 1. The van der Waals surface area contributed by atoms with E-state index in [1.165, 1.54) is 26.2 Å². The number of rotatable bonds is 15. The molecule has 0 aliphatic carbocycles. The van der Waals surface area contributed by atoms with Crippen LogP contribution in [0, 0.1) is 0 Å². The minimum absolute atomic E-state index is 0.133. The molecule has 0 spiro atoms. The van der Waals surface area contributed by atoms with Gasteiger partial charge in [0, 0.05) is 41.7 Å². The summed E-state index contributed by atoms with van der Waals surface area (Å²) in [6, 6.07) is 16.1. The second kappa shape index (κ2) is 19.9. The highest BCUT2D eigenvalue weighted by atomic mass is 16.8. The average molecular weight is 760 g/mol. The number of amides is 1. The lowest BCUT2D eigenvalue weighted by molar-refractivity contribution is -0.348. The molecule has 17 heteroatoms. The van der Waals surface area contributed by atoms with Gasteiger partial charge in [0.15, 0.2) is 37.0 Å². The van der Waals surface area contributed by atoms with Gasteiger partial charge in [-0.1, -0.05) is 48.5 Å². The van der Waals surface area contributed by atoms with Gasteiger partial charge >= 0.3 is 29.8 Å². The molecule has 0 saturated carbocycles. The molecule has 17 nitrogen and oxygen atoms in total. The van der Waals surface area contributed by atoms with Crippen LogP contribution in [0.5, 0.6) is 0 Å². The Balaban J connectivity index is 1.82. The number of hydrogen-bond acceptors (Lipinski definition) is 16. The summed E-state index contributed by atoms with van der Waals surface area (Å²) in [4.78, 5) is 75.3. The monoisotopic (exact) mass is 759 g/mol. The lowest BCUT2D eigenvalue weighted by Crippen LogP contribution is -2.69. The molecule has 2 aromatic rings. The van der Waals surface area contributed by atoms with Gasteiger partial charge in [-0.25, -0.2) is 4.79 Å². The zero-order valence-corrected chi connectivity index (χ0v) is 30.7. The topological polar surface area (TPSA) is 207 Å². The Kier molecular flexibility index (Phi) is 15.4. The second-order valence-electron chi connectivity index (χ2n) is 12.4. The summed E-state index contributed by atoms with van der Waals surface area (Å²) < 4.78 is 58.6. The largest absolute Gasteiger partial charge is 0.463 e. The van der Waals surface area contributed by atoms with Crippen molar-refractivity contribution in [1.82, 2.24) is 5.32 Å². The molecular formula is C37H45NO16. The lowest BCUT2D eigenvalue weighted by Gasteiger charge is -2.49. The van der Waals surface area contributed by atoms with Crippen LogP contribution in [-0.4, -0.2) is 117 Å². The standard InChI is InChI=1S/C37H45NO16/c1-20(39)38-29-32(53-35(44)26-15-11-8-12-16-26)30(27(51-36(29)45-6)18-46-17-25-13-9-7-10-14-25)54-37-34(50-24(5)43)33(49-23(4)42)31(48-22(3)41)28(52-37)19-47-21(2)40/h7-16,27-34,36-37H,17-19H2,1-6H3,(H,38,39)/t27-,28-,29-,30-,31-,32-,33+,34-,36-,37+/m1/s1. The molecule has 2 aliphatic heterocycles. The zero-order chi connectivity index (χ0) is 39.4. The van der Waals surface area contributed by atoms with Crippen molar-refractivity contribution in [3.05, 3.63) is 71.8 Å². The zero-order valence-electron chi connectivity index (χ0n) is 30.7.